The van der Waals surface area contributed by atoms with E-state index in [1.807, 2.05) is 0 Å². The van der Waals surface area contributed by atoms with Gasteiger partial charge in [0.05, 0.1) is 24.5 Å². The van der Waals surface area contributed by atoms with Crippen LogP contribution in [-0.2, 0) is 42.3 Å². The normalized spacial score (nSPS) is 19.6. The first-order chi connectivity index (χ1) is 14.5. The van der Waals surface area contributed by atoms with Gasteiger partial charge in [0.2, 0.25) is 5.88 Å². The number of amides is 2. The minimum Gasteiger partial charge on any atom is -0.475 e. The van der Waals surface area contributed by atoms with Gasteiger partial charge in [-0.2, -0.15) is 5.10 Å². The second-order valence-electron chi connectivity index (χ2n) is 7.90. The molecule has 5 rings (SSSR count). The van der Waals surface area contributed by atoms with Crippen LogP contribution in [0.1, 0.15) is 35.4 Å². The van der Waals surface area contributed by atoms with Crippen molar-refractivity contribution in [1.29, 1.82) is 0 Å². The number of urea groups is 1. The maximum Gasteiger partial charge on any atom is 0.333 e. The molecule has 2 aromatic heterocycles. The fourth-order valence-electron chi connectivity index (χ4n) is 4.49. The molecule has 0 saturated carbocycles. The second-order valence-corrected chi connectivity index (χ2v) is 9.55. The number of hydrogen-bond donors (Lipinski definition) is 3. The Morgan fingerprint density at radius 3 is 2.53 bits per heavy atom. The zero-order valence-corrected chi connectivity index (χ0v) is 17.5. The number of rotatable bonds is 4. The average Bonchev–Trinajstić information content (AvgIpc) is 3.45. The van der Waals surface area contributed by atoms with Crippen LogP contribution in [0.25, 0.3) is 0 Å². The molecular weight excluding hydrogens is 408 g/mol. The molecule has 2 aliphatic carbocycles. The van der Waals surface area contributed by atoms with E-state index in [1.165, 1.54) is 10.9 Å². The fourth-order valence-corrected chi connectivity index (χ4v) is 5.47. The van der Waals surface area contributed by atoms with Crippen LogP contribution in [0, 0.1) is 0 Å². The Balaban J connectivity index is 1.38. The van der Waals surface area contributed by atoms with Crippen molar-refractivity contribution in [3.63, 3.8) is 0 Å². The van der Waals surface area contributed by atoms with E-state index in [2.05, 4.69) is 20.5 Å². The largest absolute Gasteiger partial charge is 0.475 e. The highest BCUT2D eigenvalue weighted by atomic mass is 32.2. The number of carbonyl (C=O) groups is 1. The molecule has 3 N–H and O–H groups in total. The van der Waals surface area contributed by atoms with Gasteiger partial charge in [-0.1, -0.05) is 0 Å². The summed E-state index contributed by atoms with van der Waals surface area (Å²) in [7, 11) is -2.33. The first kappa shape index (κ1) is 19.3. The van der Waals surface area contributed by atoms with Crippen LogP contribution in [0.2, 0.25) is 0 Å². The third kappa shape index (κ3) is 3.21. The zero-order valence-electron chi connectivity index (χ0n) is 16.7. The van der Waals surface area contributed by atoms with Crippen molar-refractivity contribution in [3.05, 3.63) is 28.7 Å². The number of nitrogens with zero attached hydrogens (tertiary/aromatic N) is 3. The van der Waals surface area contributed by atoms with Crippen molar-refractivity contribution in [2.45, 2.75) is 56.0 Å². The van der Waals surface area contributed by atoms with Gasteiger partial charge in [-0.25, -0.2) is 22.6 Å². The van der Waals surface area contributed by atoms with Gasteiger partial charge >= 0.3 is 6.03 Å². The van der Waals surface area contributed by atoms with Crippen molar-refractivity contribution < 1.29 is 17.9 Å². The van der Waals surface area contributed by atoms with Gasteiger partial charge in [-0.05, 0) is 56.7 Å². The summed E-state index contributed by atoms with van der Waals surface area (Å²) >= 11 is 0. The highest BCUT2D eigenvalue weighted by Gasteiger charge is 2.32. The van der Waals surface area contributed by atoms with Gasteiger partial charge in [0.25, 0.3) is 10.0 Å². The summed E-state index contributed by atoms with van der Waals surface area (Å²) in [5.74, 6) is 0.146. The summed E-state index contributed by atoms with van der Waals surface area (Å²) in [6.45, 7) is 0.815. The van der Waals surface area contributed by atoms with E-state index in [4.69, 9.17) is 9.72 Å². The molecule has 10 nitrogen and oxygen atoms in total. The number of fused-ring (bicyclic) bond motifs is 3. The third-order valence-corrected chi connectivity index (χ3v) is 7.30. The predicted molar refractivity (Wildman–Crippen MR) is 108 cm³/mol. The van der Waals surface area contributed by atoms with Crippen LogP contribution in [-0.4, -0.2) is 48.9 Å². The number of carbonyl (C=O) groups excluding carboxylic acids is 1. The number of likely N-dealkylation sites (N-methyl/N-ethyl adjacent to an activating group) is 1. The SMILES string of the molecule is CNC1COc2c(S(=O)(=O)NC(=O)Nc3c4c(nc5c3CCC5)CCC4)cnn2C1. The van der Waals surface area contributed by atoms with Gasteiger partial charge in [-0.3, -0.25) is 4.98 Å². The Kier molecular flexibility index (Phi) is 4.66. The summed E-state index contributed by atoms with van der Waals surface area (Å²) in [6, 6.07) is -0.742. The molecule has 0 bridgehead atoms. The molecule has 160 valence electrons. The van der Waals surface area contributed by atoms with E-state index in [0.717, 1.165) is 66.7 Å². The molecule has 3 aliphatic rings. The van der Waals surface area contributed by atoms with E-state index in [9.17, 15) is 13.2 Å². The van der Waals surface area contributed by atoms with Gasteiger partial charge < -0.3 is 15.4 Å². The van der Waals surface area contributed by atoms with Crippen molar-refractivity contribution in [2.24, 2.45) is 0 Å². The Morgan fingerprint density at radius 1 is 1.17 bits per heavy atom. The number of nitrogens with one attached hydrogen (secondary N) is 3. The smallest absolute Gasteiger partial charge is 0.333 e. The molecule has 30 heavy (non-hydrogen) atoms. The van der Waals surface area contributed by atoms with Gasteiger partial charge in [0.1, 0.15) is 6.61 Å². The lowest BCUT2D eigenvalue weighted by Crippen LogP contribution is -2.40. The van der Waals surface area contributed by atoms with Crippen LogP contribution in [0.5, 0.6) is 5.88 Å². The Labute approximate surface area is 174 Å². The monoisotopic (exact) mass is 432 g/mol. The van der Waals surface area contributed by atoms with Crippen molar-refractivity contribution >= 4 is 21.7 Å². The van der Waals surface area contributed by atoms with Crippen LogP contribution >= 0.6 is 0 Å². The molecule has 0 spiro atoms. The number of pyridine rings is 1. The third-order valence-electron chi connectivity index (χ3n) is 5.99. The quantitative estimate of drug-likeness (QED) is 0.650. The van der Waals surface area contributed by atoms with Crippen LogP contribution in [0.3, 0.4) is 0 Å². The number of hydrogen-bond acceptors (Lipinski definition) is 7. The highest BCUT2D eigenvalue weighted by Crippen LogP contribution is 2.36. The average molecular weight is 433 g/mol. The maximum absolute atomic E-state index is 12.9. The zero-order chi connectivity index (χ0) is 20.9. The van der Waals surface area contributed by atoms with Crippen molar-refractivity contribution in [1.82, 2.24) is 24.8 Å². The topological polar surface area (TPSA) is 127 Å². The molecule has 0 aromatic carbocycles. The molecule has 3 heterocycles. The van der Waals surface area contributed by atoms with Crippen LogP contribution in [0.15, 0.2) is 11.1 Å². The van der Waals surface area contributed by atoms with E-state index >= 15 is 0 Å². The molecular formula is C19H24N6O4S. The van der Waals surface area contributed by atoms with E-state index in [-0.39, 0.29) is 16.8 Å². The summed E-state index contributed by atoms with van der Waals surface area (Å²) in [5, 5.41) is 9.98. The number of anilines is 1. The number of ether oxygens (including phenoxy) is 1. The lowest BCUT2D eigenvalue weighted by Gasteiger charge is -2.24. The Morgan fingerprint density at radius 2 is 1.87 bits per heavy atom. The van der Waals surface area contributed by atoms with Crippen LogP contribution in [0.4, 0.5) is 10.5 Å². The molecule has 2 aromatic rings. The first-order valence-electron chi connectivity index (χ1n) is 10.2. The lowest BCUT2D eigenvalue weighted by molar-refractivity contribution is 0.184. The molecule has 2 amide bonds. The summed E-state index contributed by atoms with van der Waals surface area (Å²) in [5.41, 5.74) is 4.85. The molecule has 0 radical (unpaired) electrons. The minimum absolute atomic E-state index is 0.0418. The number of sulfonamides is 1. The van der Waals surface area contributed by atoms with Crippen molar-refractivity contribution in [2.75, 3.05) is 19.0 Å². The summed E-state index contributed by atoms with van der Waals surface area (Å²) in [4.78, 5) is 17.3. The Bertz CT molecular complexity index is 1090. The second kappa shape index (κ2) is 7.24. The standard InChI is InChI=1S/C19H24N6O4S/c1-20-11-9-25-18(29-10-11)16(8-21-25)30(27,28)24-19(26)23-17-12-4-2-6-14(12)22-15-7-3-5-13(15)17/h8,11,20H,2-7,9-10H2,1H3,(H2,22,23,24,26). The maximum atomic E-state index is 12.9. The minimum atomic E-state index is -4.14. The molecule has 11 heteroatoms. The lowest BCUT2D eigenvalue weighted by atomic mass is 10.1. The van der Waals surface area contributed by atoms with E-state index in [1.54, 1.807) is 7.05 Å². The highest BCUT2D eigenvalue weighted by molar-refractivity contribution is 7.90. The Hall–Kier alpha value is -2.66. The molecule has 1 aliphatic heterocycles. The number of aryl methyl sites for hydroxylation is 2. The summed E-state index contributed by atoms with van der Waals surface area (Å²) < 4.78 is 34.9. The van der Waals surface area contributed by atoms with Crippen LogP contribution < -0.4 is 20.1 Å². The predicted octanol–water partition coefficient (Wildman–Crippen LogP) is 0.746. The van der Waals surface area contributed by atoms with Gasteiger partial charge in [0.15, 0.2) is 4.90 Å². The van der Waals surface area contributed by atoms with Crippen molar-refractivity contribution in [3.8, 4) is 5.88 Å². The molecule has 1 atom stereocenters. The first-order valence-corrected chi connectivity index (χ1v) is 11.7. The molecule has 0 fully saturated rings. The fraction of sp³-hybridized carbons (Fsp3) is 0.526. The summed E-state index contributed by atoms with van der Waals surface area (Å²) in [6.07, 6.45) is 6.67. The molecule has 0 saturated heterocycles. The van der Waals surface area contributed by atoms with E-state index in [0.29, 0.717) is 13.2 Å². The van der Waals surface area contributed by atoms with E-state index < -0.39 is 16.1 Å². The molecule has 1 unspecified atom stereocenters. The van der Waals surface area contributed by atoms with Gasteiger partial charge in [-0.15, -0.1) is 0 Å². The van der Waals surface area contributed by atoms with Gasteiger partial charge in [0, 0.05) is 11.4 Å². The number of aromatic nitrogens is 3.